The van der Waals surface area contributed by atoms with Crippen LogP contribution in [0.5, 0.6) is 0 Å². The number of nitro groups is 1. The summed E-state index contributed by atoms with van der Waals surface area (Å²) >= 11 is 1.42. The molecule has 0 spiro atoms. The Kier molecular flexibility index (Phi) is 4.76. The molecule has 0 saturated heterocycles. The molecule has 4 nitrogen and oxygen atoms in total. The zero-order valence-electron chi connectivity index (χ0n) is 11.4. The molecule has 0 aliphatic carbocycles. The van der Waals surface area contributed by atoms with Crippen LogP contribution in [0.1, 0.15) is 11.1 Å². The number of para-hydroxylation sites is 1. The summed E-state index contributed by atoms with van der Waals surface area (Å²) in [7, 11) is 1.91. The third kappa shape index (κ3) is 3.37. The van der Waals surface area contributed by atoms with E-state index in [9.17, 15) is 10.1 Å². The summed E-state index contributed by atoms with van der Waals surface area (Å²) in [5, 5.41) is 14.1. The van der Waals surface area contributed by atoms with Crippen LogP contribution in [0.2, 0.25) is 0 Å². The topological polar surface area (TPSA) is 55.2 Å². The van der Waals surface area contributed by atoms with Crippen LogP contribution in [0.4, 0.5) is 5.69 Å². The van der Waals surface area contributed by atoms with Gasteiger partial charge in [0.1, 0.15) is 0 Å². The van der Waals surface area contributed by atoms with Crippen LogP contribution in [0.3, 0.4) is 0 Å². The van der Waals surface area contributed by atoms with Crippen LogP contribution < -0.4 is 5.32 Å². The molecule has 0 radical (unpaired) electrons. The van der Waals surface area contributed by atoms with E-state index in [1.54, 1.807) is 12.1 Å². The second-order valence-corrected chi connectivity index (χ2v) is 5.56. The predicted octanol–water partition coefficient (Wildman–Crippen LogP) is 3.77. The minimum atomic E-state index is -0.343. The molecule has 20 heavy (non-hydrogen) atoms. The van der Waals surface area contributed by atoms with Crippen molar-refractivity contribution >= 4 is 17.4 Å². The predicted molar refractivity (Wildman–Crippen MR) is 81.2 cm³/mol. The first-order valence-corrected chi connectivity index (χ1v) is 7.09. The fourth-order valence-electron chi connectivity index (χ4n) is 1.94. The molecule has 2 aromatic rings. The lowest BCUT2D eigenvalue weighted by Crippen LogP contribution is -2.06. The molecular formula is C15H16N2O2S. The molecular weight excluding hydrogens is 272 g/mol. The molecule has 0 saturated carbocycles. The molecule has 2 rings (SSSR count). The Balaban J connectivity index is 2.27. The summed E-state index contributed by atoms with van der Waals surface area (Å²) in [4.78, 5) is 12.3. The van der Waals surface area contributed by atoms with Crippen molar-refractivity contribution < 1.29 is 4.92 Å². The van der Waals surface area contributed by atoms with Crippen LogP contribution in [-0.2, 0) is 6.54 Å². The van der Waals surface area contributed by atoms with E-state index < -0.39 is 0 Å². The molecule has 0 bridgehead atoms. The fourth-order valence-corrected chi connectivity index (χ4v) is 2.96. The molecule has 0 amide bonds. The van der Waals surface area contributed by atoms with E-state index in [4.69, 9.17) is 0 Å². The molecule has 0 fully saturated rings. The van der Waals surface area contributed by atoms with E-state index in [0.29, 0.717) is 4.90 Å². The summed E-state index contributed by atoms with van der Waals surface area (Å²) in [5.41, 5.74) is 2.57. The zero-order valence-corrected chi connectivity index (χ0v) is 12.2. The van der Waals surface area contributed by atoms with Gasteiger partial charge in [0.05, 0.1) is 9.82 Å². The first-order chi connectivity index (χ1) is 9.61. The first kappa shape index (κ1) is 14.6. The maximum absolute atomic E-state index is 11.0. The summed E-state index contributed by atoms with van der Waals surface area (Å²) < 4.78 is 0. The number of hydrogen-bond acceptors (Lipinski definition) is 4. The van der Waals surface area contributed by atoms with Crippen LogP contribution in [-0.4, -0.2) is 12.0 Å². The lowest BCUT2D eigenvalue weighted by Gasteiger charge is -2.08. The van der Waals surface area contributed by atoms with Crippen molar-refractivity contribution in [2.75, 3.05) is 7.05 Å². The van der Waals surface area contributed by atoms with Gasteiger partial charge in [-0.3, -0.25) is 10.1 Å². The molecule has 0 aliphatic rings. The molecule has 1 N–H and O–H groups in total. The van der Waals surface area contributed by atoms with Gasteiger partial charge in [0.25, 0.3) is 5.69 Å². The molecule has 0 heterocycles. The van der Waals surface area contributed by atoms with Crippen LogP contribution in [0, 0.1) is 17.0 Å². The van der Waals surface area contributed by atoms with Gasteiger partial charge in [0.2, 0.25) is 0 Å². The highest BCUT2D eigenvalue weighted by Gasteiger charge is 2.13. The van der Waals surface area contributed by atoms with Gasteiger partial charge < -0.3 is 5.32 Å². The fraction of sp³-hybridized carbons (Fsp3) is 0.200. The summed E-state index contributed by atoms with van der Waals surface area (Å²) in [6.07, 6.45) is 0. The van der Waals surface area contributed by atoms with Gasteiger partial charge in [0.15, 0.2) is 0 Å². The Hall–Kier alpha value is -1.85. The number of benzene rings is 2. The Morgan fingerprint density at radius 3 is 2.65 bits per heavy atom. The summed E-state index contributed by atoms with van der Waals surface area (Å²) in [6.45, 7) is 2.87. The lowest BCUT2D eigenvalue weighted by atomic mass is 10.1. The highest BCUT2D eigenvalue weighted by molar-refractivity contribution is 7.99. The van der Waals surface area contributed by atoms with Gasteiger partial charge >= 0.3 is 0 Å². The van der Waals surface area contributed by atoms with Gasteiger partial charge in [-0.2, -0.15) is 0 Å². The Labute approximate surface area is 122 Å². The van der Waals surface area contributed by atoms with Crippen molar-refractivity contribution in [3.05, 3.63) is 63.7 Å². The maximum atomic E-state index is 11.0. The van der Waals surface area contributed by atoms with Crippen LogP contribution in [0.25, 0.3) is 0 Å². The molecule has 0 unspecified atom stereocenters. The van der Waals surface area contributed by atoms with E-state index >= 15 is 0 Å². The second-order valence-electron chi connectivity index (χ2n) is 4.45. The van der Waals surface area contributed by atoms with Gasteiger partial charge in [-0.1, -0.05) is 30.0 Å². The van der Waals surface area contributed by atoms with E-state index in [1.165, 1.54) is 29.0 Å². The lowest BCUT2D eigenvalue weighted by molar-refractivity contribution is -0.387. The highest BCUT2D eigenvalue weighted by atomic mass is 32.2. The number of aryl methyl sites for hydroxylation is 1. The Morgan fingerprint density at radius 1 is 1.25 bits per heavy atom. The Bertz CT molecular complexity index is 629. The van der Waals surface area contributed by atoms with Crippen molar-refractivity contribution in [3.8, 4) is 0 Å². The van der Waals surface area contributed by atoms with E-state index in [-0.39, 0.29) is 10.6 Å². The number of nitrogens with zero attached hydrogens (tertiary/aromatic N) is 1. The van der Waals surface area contributed by atoms with E-state index in [1.807, 2.05) is 19.2 Å². The molecule has 0 aromatic heterocycles. The van der Waals surface area contributed by atoms with Gasteiger partial charge in [0, 0.05) is 17.5 Å². The Morgan fingerprint density at radius 2 is 2.00 bits per heavy atom. The quantitative estimate of drug-likeness (QED) is 0.672. The standard InChI is InChI=1S/C15H16N2O2S/c1-11-9-13(8-7-12(11)10-16-2)20-15-6-4-3-5-14(15)17(18)19/h3-9,16H,10H2,1-2H3. The SMILES string of the molecule is CNCc1ccc(Sc2ccccc2[N+](=O)[O-])cc1C. The summed E-state index contributed by atoms with van der Waals surface area (Å²) in [6, 6.07) is 12.9. The molecule has 0 aliphatic heterocycles. The number of rotatable bonds is 5. The molecule has 5 heteroatoms. The second kappa shape index (κ2) is 6.54. The van der Waals surface area contributed by atoms with Crippen molar-refractivity contribution in [1.29, 1.82) is 0 Å². The third-order valence-corrected chi connectivity index (χ3v) is 4.03. The number of hydrogen-bond donors (Lipinski definition) is 1. The monoisotopic (exact) mass is 288 g/mol. The van der Waals surface area contributed by atoms with Crippen LogP contribution in [0.15, 0.2) is 52.3 Å². The number of nitrogens with one attached hydrogen (secondary N) is 1. The smallest absolute Gasteiger partial charge is 0.283 e. The largest absolute Gasteiger partial charge is 0.316 e. The molecule has 2 aromatic carbocycles. The van der Waals surface area contributed by atoms with Crippen molar-refractivity contribution in [1.82, 2.24) is 5.32 Å². The number of nitro benzene ring substituents is 1. The average Bonchev–Trinajstić information content (AvgIpc) is 2.42. The zero-order chi connectivity index (χ0) is 14.5. The van der Waals surface area contributed by atoms with Crippen molar-refractivity contribution in [2.24, 2.45) is 0 Å². The van der Waals surface area contributed by atoms with E-state index in [0.717, 1.165) is 11.4 Å². The normalized spacial score (nSPS) is 10.5. The van der Waals surface area contributed by atoms with Crippen molar-refractivity contribution in [2.45, 2.75) is 23.3 Å². The summed E-state index contributed by atoms with van der Waals surface area (Å²) in [5.74, 6) is 0. The van der Waals surface area contributed by atoms with Gasteiger partial charge in [-0.05, 0) is 43.3 Å². The van der Waals surface area contributed by atoms with Gasteiger partial charge in [-0.25, -0.2) is 0 Å². The van der Waals surface area contributed by atoms with Crippen LogP contribution >= 0.6 is 11.8 Å². The highest BCUT2D eigenvalue weighted by Crippen LogP contribution is 2.35. The van der Waals surface area contributed by atoms with Crippen molar-refractivity contribution in [3.63, 3.8) is 0 Å². The maximum Gasteiger partial charge on any atom is 0.283 e. The first-order valence-electron chi connectivity index (χ1n) is 6.27. The minimum absolute atomic E-state index is 0.148. The average molecular weight is 288 g/mol. The van der Waals surface area contributed by atoms with E-state index in [2.05, 4.69) is 24.4 Å². The minimum Gasteiger partial charge on any atom is -0.316 e. The molecule has 104 valence electrons. The third-order valence-electron chi connectivity index (χ3n) is 2.97. The van der Waals surface area contributed by atoms with Gasteiger partial charge in [-0.15, -0.1) is 0 Å². The molecule has 0 atom stereocenters.